The summed E-state index contributed by atoms with van der Waals surface area (Å²) in [6.45, 7) is 7.24. The highest BCUT2D eigenvalue weighted by Gasteiger charge is 2.38. The van der Waals surface area contributed by atoms with Gasteiger partial charge in [-0.05, 0) is 47.0 Å². The Morgan fingerprint density at radius 2 is 1.82 bits per heavy atom. The van der Waals surface area contributed by atoms with Crippen molar-refractivity contribution in [3.63, 3.8) is 0 Å². The van der Waals surface area contributed by atoms with E-state index in [0.29, 0.717) is 6.42 Å². The van der Waals surface area contributed by atoms with Gasteiger partial charge in [-0.3, -0.25) is 4.79 Å². The standard InChI is InChI=1S/C15H27NO5S/c1-11-7-6-8-12(14(18)21-15(2,3)4)16(11)13(17)9-10-22(5,19)20/h11-12H,6-10H2,1-5H3/t11-,12-/m0/s1. The van der Waals surface area contributed by atoms with Gasteiger partial charge in [0.1, 0.15) is 21.5 Å². The molecule has 6 nitrogen and oxygen atoms in total. The Kier molecular flexibility index (Phi) is 6.01. The number of hydrogen-bond acceptors (Lipinski definition) is 5. The summed E-state index contributed by atoms with van der Waals surface area (Å²) in [5.74, 6) is -0.906. The van der Waals surface area contributed by atoms with Crippen molar-refractivity contribution in [2.75, 3.05) is 12.0 Å². The molecule has 1 heterocycles. The first kappa shape index (κ1) is 18.9. The van der Waals surface area contributed by atoms with Crippen molar-refractivity contribution in [3.8, 4) is 0 Å². The van der Waals surface area contributed by atoms with Gasteiger partial charge in [-0.25, -0.2) is 13.2 Å². The van der Waals surface area contributed by atoms with Gasteiger partial charge in [0.05, 0.1) is 5.75 Å². The van der Waals surface area contributed by atoms with Crippen molar-refractivity contribution in [3.05, 3.63) is 0 Å². The Hall–Kier alpha value is -1.11. The van der Waals surface area contributed by atoms with E-state index in [1.54, 1.807) is 20.8 Å². The summed E-state index contributed by atoms with van der Waals surface area (Å²) in [5, 5.41) is 0. The monoisotopic (exact) mass is 333 g/mol. The van der Waals surface area contributed by atoms with Crippen molar-refractivity contribution >= 4 is 21.7 Å². The molecule has 1 aliphatic rings. The Balaban J connectivity index is 2.85. The molecule has 0 bridgehead atoms. The number of piperidine rings is 1. The summed E-state index contributed by atoms with van der Waals surface area (Å²) in [6.07, 6.45) is 3.22. The first-order valence-corrected chi connectivity index (χ1v) is 9.68. The molecule has 1 saturated heterocycles. The fraction of sp³-hybridized carbons (Fsp3) is 0.867. The first-order chi connectivity index (χ1) is 9.91. The van der Waals surface area contributed by atoms with Crippen molar-refractivity contribution < 1.29 is 22.7 Å². The van der Waals surface area contributed by atoms with Gasteiger partial charge in [0, 0.05) is 18.7 Å². The predicted molar refractivity (Wildman–Crippen MR) is 84.1 cm³/mol. The molecule has 0 aromatic carbocycles. The largest absolute Gasteiger partial charge is 0.458 e. The highest BCUT2D eigenvalue weighted by atomic mass is 32.2. The van der Waals surface area contributed by atoms with E-state index >= 15 is 0 Å². The smallest absolute Gasteiger partial charge is 0.329 e. The van der Waals surface area contributed by atoms with Gasteiger partial charge in [-0.15, -0.1) is 0 Å². The minimum atomic E-state index is -3.21. The van der Waals surface area contributed by atoms with E-state index in [9.17, 15) is 18.0 Å². The zero-order valence-corrected chi connectivity index (χ0v) is 14.9. The molecule has 2 atom stereocenters. The topological polar surface area (TPSA) is 80.8 Å². The van der Waals surface area contributed by atoms with Crippen molar-refractivity contribution in [1.82, 2.24) is 4.90 Å². The summed E-state index contributed by atoms with van der Waals surface area (Å²) < 4.78 is 27.9. The maximum Gasteiger partial charge on any atom is 0.329 e. The predicted octanol–water partition coefficient (Wildman–Crippen LogP) is 1.53. The molecule has 1 rings (SSSR count). The molecule has 1 amide bonds. The Bertz CT molecular complexity index is 521. The number of rotatable bonds is 4. The van der Waals surface area contributed by atoms with Gasteiger partial charge < -0.3 is 9.64 Å². The normalized spacial score (nSPS) is 23.2. The number of hydrogen-bond donors (Lipinski definition) is 0. The molecule has 0 aromatic rings. The summed E-state index contributed by atoms with van der Waals surface area (Å²) in [7, 11) is -3.21. The van der Waals surface area contributed by atoms with Crippen LogP contribution in [-0.2, 0) is 24.2 Å². The molecule has 0 unspecified atom stereocenters. The van der Waals surface area contributed by atoms with E-state index in [0.717, 1.165) is 19.1 Å². The number of esters is 1. The van der Waals surface area contributed by atoms with Crippen LogP contribution in [0.5, 0.6) is 0 Å². The van der Waals surface area contributed by atoms with Crippen molar-refractivity contribution in [2.24, 2.45) is 0 Å². The Morgan fingerprint density at radius 1 is 1.23 bits per heavy atom. The van der Waals surface area contributed by atoms with E-state index < -0.39 is 27.4 Å². The van der Waals surface area contributed by atoms with Crippen LogP contribution >= 0.6 is 0 Å². The van der Waals surface area contributed by atoms with Crippen molar-refractivity contribution in [2.45, 2.75) is 71.1 Å². The van der Waals surface area contributed by atoms with E-state index in [1.165, 1.54) is 4.90 Å². The van der Waals surface area contributed by atoms with Crippen LogP contribution in [0.4, 0.5) is 0 Å². The molecule has 0 aliphatic carbocycles. The number of nitrogens with zero attached hydrogens (tertiary/aromatic N) is 1. The molecule has 22 heavy (non-hydrogen) atoms. The molecule has 1 fully saturated rings. The summed E-state index contributed by atoms with van der Waals surface area (Å²) in [4.78, 5) is 26.2. The van der Waals surface area contributed by atoms with E-state index in [4.69, 9.17) is 4.74 Å². The number of sulfone groups is 1. The highest BCUT2D eigenvalue weighted by Crippen LogP contribution is 2.26. The van der Waals surface area contributed by atoms with Crippen LogP contribution in [0.2, 0.25) is 0 Å². The van der Waals surface area contributed by atoms with Gasteiger partial charge in [0.15, 0.2) is 0 Å². The van der Waals surface area contributed by atoms with E-state index in [-0.39, 0.29) is 24.1 Å². The molecule has 0 saturated carbocycles. The minimum Gasteiger partial charge on any atom is -0.458 e. The second-order valence-electron chi connectivity index (χ2n) is 7.01. The average molecular weight is 333 g/mol. The maximum absolute atomic E-state index is 12.4. The van der Waals surface area contributed by atoms with Crippen LogP contribution < -0.4 is 0 Å². The third kappa shape index (κ3) is 5.94. The van der Waals surface area contributed by atoms with Crippen LogP contribution in [0.1, 0.15) is 53.4 Å². The molecule has 7 heteroatoms. The summed E-state index contributed by atoms with van der Waals surface area (Å²) in [6, 6.07) is -0.701. The maximum atomic E-state index is 12.4. The molecular weight excluding hydrogens is 306 g/mol. The number of carbonyl (C=O) groups excluding carboxylic acids is 2. The Morgan fingerprint density at radius 3 is 2.32 bits per heavy atom. The molecular formula is C15H27NO5S. The Labute approximate surface area is 133 Å². The summed E-state index contributed by atoms with van der Waals surface area (Å²) in [5.41, 5.74) is -0.612. The second kappa shape index (κ2) is 6.98. The van der Waals surface area contributed by atoms with Gasteiger partial charge >= 0.3 is 5.97 Å². The number of carbonyl (C=O) groups is 2. The van der Waals surface area contributed by atoms with Gasteiger partial charge in [0.2, 0.25) is 5.91 Å². The van der Waals surface area contributed by atoms with E-state index in [1.807, 2.05) is 6.92 Å². The second-order valence-corrected chi connectivity index (χ2v) is 9.27. The SMILES string of the molecule is C[C@H]1CCC[C@@H](C(=O)OC(C)(C)C)N1C(=O)CCS(C)(=O)=O. The third-order valence-corrected chi connectivity index (χ3v) is 4.51. The molecule has 128 valence electrons. The fourth-order valence-corrected chi connectivity index (χ4v) is 3.16. The summed E-state index contributed by atoms with van der Waals surface area (Å²) >= 11 is 0. The highest BCUT2D eigenvalue weighted by molar-refractivity contribution is 7.90. The number of ether oxygens (including phenoxy) is 1. The third-order valence-electron chi connectivity index (χ3n) is 3.56. The fourth-order valence-electron chi connectivity index (χ4n) is 2.61. The number of amides is 1. The van der Waals surface area contributed by atoms with Crippen LogP contribution in [0.15, 0.2) is 0 Å². The molecule has 0 radical (unpaired) electrons. The van der Waals surface area contributed by atoms with Crippen molar-refractivity contribution in [1.29, 1.82) is 0 Å². The number of likely N-dealkylation sites (tertiary alicyclic amines) is 1. The van der Waals surface area contributed by atoms with Gasteiger partial charge in [-0.2, -0.15) is 0 Å². The lowest BCUT2D eigenvalue weighted by Gasteiger charge is -2.40. The van der Waals surface area contributed by atoms with Crippen LogP contribution in [0.3, 0.4) is 0 Å². The first-order valence-electron chi connectivity index (χ1n) is 7.62. The van der Waals surface area contributed by atoms with Crippen LogP contribution in [0.25, 0.3) is 0 Å². The quantitative estimate of drug-likeness (QED) is 0.729. The van der Waals surface area contributed by atoms with Gasteiger partial charge in [-0.1, -0.05) is 0 Å². The zero-order valence-electron chi connectivity index (χ0n) is 14.1. The minimum absolute atomic E-state index is 0.0849. The molecule has 0 spiro atoms. The van der Waals surface area contributed by atoms with Crippen LogP contribution in [0, 0.1) is 0 Å². The lowest BCUT2D eigenvalue weighted by molar-refractivity contribution is -0.168. The van der Waals surface area contributed by atoms with Gasteiger partial charge in [0.25, 0.3) is 0 Å². The molecule has 1 aliphatic heterocycles. The molecule has 0 aromatic heterocycles. The lowest BCUT2D eigenvalue weighted by atomic mass is 9.95. The average Bonchev–Trinajstić information content (AvgIpc) is 2.32. The lowest BCUT2D eigenvalue weighted by Crippen LogP contribution is -2.54. The van der Waals surface area contributed by atoms with Crippen LogP contribution in [-0.4, -0.2) is 54.9 Å². The molecule has 0 N–H and O–H groups in total. The zero-order chi connectivity index (χ0) is 17.1. The van der Waals surface area contributed by atoms with E-state index in [2.05, 4.69) is 0 Å².